The van der Waals surface area contributed by atoms with Gasteiger partial charge in [0.05, 0.1) is 12.2 Å². The molecule has 1 amide bonds. The van der Waals surface area contributed by atoms with Gasteiger partial charge in [-0.15, -0.1) is 0 Å². The minimum Gasteiger partial charge on any atom is -0.375 e. The normalized spacial score (nSPS) is 32.1. The number of hydrogen-bond acceptors (Lipinski definition) is 3. The molecule has 0 unspecified atom stereocenters. The van der Waals surface area contributed by atoms with Gasteiger partial charge in [-0.05, 0) is 46.1 Å². The molecule has 0 aromatic heterocycles. The largest absolute Gasteiger partial charge is 0.375 e. The van der Waals surface area contributed by atoms with Gasteiger partial charge in [0.2, 0.25) is 5.91 Å². The molecule has 2 rings (SSSR count). The number of nitrogens with one attached hydrogen (secondary N) is 1. The van der Waals surface area contributed by atoms with Crippen molar-refractivity contribution in [2.75, 3.05) is 20.1 Å². The van der Waals surface area contributed by atoms with Crippen LogP contribution in [0, 0.1) is 0 Å². The van der Waals surface area contributed by atoms with Gasteiger partial charge in [0, 0.05) is 25.6 Å². The Morgan fingerprint density at radius 2 is 2.22 bits per heavy atom. The molecule has 0 aromatic carbocycles. The summed E-state index contributed by atoms with van der Waals surface area (Å²) < 4.78 is 5.77. The predicted octanol–water partition coefficient (Wildman–Crippen LogP) is 1.54. The molecule has 0 aromatic rings. The maximum absolute atomic E-state index is 12.2. The first-order chi connectivity index (χ1) is 8.70. The van der Waals surface area contributed by atoms with Gasteiger partial charge in [-0.25, -0.2) is 0 Å². The molecule has 4 heteroatoms. The van der Waals surface area contributed by atoms with Gasteiger partial charge in [0.1, 0.15) is 0 Å². The van der Waals surface area contributed by atoms with E-state index in [1.807, 2.05) is 7.05 Å². The summed E-state index contributed by atoms with van der Waals surface area (Å²) in [5, 5.41) is 3.18. The first kappa shape index (κ1) is 13.8. The minimum atomic E-state index is 0.314. The Balaban J connectivity index is 1.73. The maximum atomic E-state index is 12.2. The molecule has 18 heavy (non-hydrogen) atoms. The number of nitrogens with zero attached hydrogens (tertiary/aromatic N) is 1. The van der Waals surface area contributed by atoms with Crippen LogP contribution in [0.1, 0.15) is 45.4 Å². The van der Waals surface area contributed by atoms with Crippen molar-refractivity contribution >= 4 is 5.91 Å². The fourth-order valence-electron chi connectivity index (χ4n) is 3.14. The summed E-state index contributed by atoms with van der Waals surface area (Å²) in [7, 11) is 1.95. The number of likely N-dealkylation sites (N-methyl/N-ethyl adjacent to an activating group) is 1. The molecule has 0 spiro atoms. The summed E-state index contributed by atoms with van der Waals surface area (Å²) >= 11 is 0. The summed E-state index contributed by atoms with van der Waals surface area (Å²) in [6.45, 7) is 3.97. The topological polar surface area (TPSA) is 41.6 Å². The molecule has 2 heterocycles. The monoisotopic (exact) mass is 254 g/mol. The van der Waals surface area contributed by atoms with Crippen LogP contribution in [0.5, 0.6) is 0 Å². The van der Waals surface area contributed by atoms with Crippen LogP contribution in [-0.4, -0.2) is 49.2 Å². The van der Waals surface area contributed by atoms with Gasteiger partial charge in [0.25, 0.3) is 0 Å². The van der Waals surface area contributed by atoms with Crippen molar-refractivity contribution in [3.05, 3.63) is 0 Å². The molecule has 1 N–H and O–H groups in total. The number of ether oxygens (including phenoxy) is 1. The Morgan fingerprint density at radius 1 is 1.39 bits per heavy atom. The number of amides is 1. The van der Waals surface area contributed by atoms with Gasteiger partial charge < -0.3 is 15.0 Å². The Bertz CT molecular complexity index is 283. The molecule has 0 radical (unpaired) electrons. The molecule has 104 valence electrons. The Hall–Kier alpha value is -0.610. The lowest BCUT2D eigenvalue weighted by Gasteiger charge is -2.25. The van der Waals surface area contributed by atoms with Crippen molar-refractivity contribution in [3.63, 3.8) is 0 Å². The molecule has 2 fully saturated rings. The molecular weight excluding hydrogens is 228 g/mol. The van der Waals surface area contributed by atoms with E-state index in [4.69, 9.17) is 4.74 Å². The van der Waals surface area contributed by atoms with Crippen LogP contribution >= 0.6 is 0 Å². The number of rotatable bonds is 5. The highest BCUT2D eigenvalue weighted by molar-refractivity contribution is 5.76. The Labute approximate surface area is 110 Å². The zero-order valence-electron chi connectivity index (χ0n) is 11.7. The highest BCUT2D eigenvalue weighted by Crippen LogP contribution is 2.24. The molecule has 2 aliphatic rings. The summed E-state index contributed by atoms with van der Waals surface area (Å²) in [6, 6.07) is 0.408. The highest BCUT2D eigenvalue weighted by Gasteiger charge is 2.29. The molecule has 2 aliphatic heterocycles. The molecular formula is C14H26N2O2. The second kappa shape index (κ2) is 6.53. The van der Waals surface area contributed by atoms with Crippen LogP contribution < -0.4 is 5.32 Å². The Morgan fingerprint density at radius 3 is 2.89 bits per heavy atom. The number of carbonyl (C=O) groups excluding carboxylic acids is 1. The van der Waals surface area contributed by atoms with Crippen LogP contribution in [0.25, 0.3) is 0 Å². The zero-order chi connectivity index (χ0) is 13.0. The summed E-state index contributed by atoms with van der Waals surface area (Å²) in [5.74, 6) is 0.316. The van der Waals surface area contributed by atoms with E-state index in [1.165, 1.54) is 0 Å². The smallest absolute Gasteiger partial charge is 0.222 e. The zero-order valence-corrected chi connectivity index (χ0v) is 11.7. The first-order valence-corrected chi connectivity index (χ1v) is 7.30. The maximum Gasteiger partial charge on any atom is 0.222 e. The molecule has 4 nitrogen and oxygen atoms in total. The van der Waals surface area contributed by atoms with E-state index in [-0.39, 0.29) is 0 Å². The lowest BCUT2D eigenvalue weighted by atomic mass is 10.1. The first-order valence-electron chi connectivity index (χ1n) is 7.30. The van der Waals surface area contributed by atoms with E-state index >= 15 is 0 Å². The summed E-state index contributed by atoms with van der Waals surface area (Å²) in [6.07, 6.45) is 6.80. The molecule has 0 bridgehead atoms. The van der Waals surface area contributed by atoms with Crippen molar-refractivity contribution < 1.29 is 9.53 Å². The SMILES string of the molecule is CNC[C@@H]1CCCN1C(=O)CC[C@@H]1CC[C@H](C)O1. The second-order valence-corrected chi connectivity index (χ2v) is 5.63. The van der Waals surface area contributed by atoms with Gasteiger partial charge in [-0.3, -0.25) is 4.79 Å². The van der Waals surface area contributed by atoms with Crippen molar-refractivity contribution in [1.29, 1.82) is 0 Å². The van der Waals surface area contributed by atoms with Gasteiger partial charge in [-0.2, -0.15) is 0 Å². The van der Waals surface area contributed by atoms with Gasteiger partial charge in [0.15, 0.2) is 0 Å². The van der Waals surface area contributed by atoms with Crippen molar-refractivity contribution in [2.45, 2.75) is 63.7 Å². The highest BCUT2D eigenvalue weighted by atomic mass is 16.5. The van der Waals surface area contributed by atoms with E-state index in [2.05, 4.69) is 17.1 Å². The van der Waals surface area contributed by atoms with Crippen molar-refractivity contribution in [3.8, 4) is 0 Å². The molecule has 0 saturated carbocycles. The third-order valence-corrected chi connectivity index (χ3v) is 4.14. The van der Waals surface area contributed by atoms with E-state index in [0.717, 1.165) is 45.2 Å². The van der Waals surface area contributed by atoms with Crippen LogP contribution in [0.2, 0.25) is 0 Å². The van der Waals surface area contributed by atoms with Crippen molar-refractivity contribution in [1.82, 2.24) is 10.2 Å². The fourth-order valence-corrected chi connectivity index (χ4v) is 3.14. The quantitative estimate of drug-likeness (QED) is 0.809. The standard InChI is InChI=1S/C14H26N2O2/c1-11-5-6-13(18-11)7-8-14(17)16-9-3-4-12(16)10-15-2/h11-13,15H,3-10H2,1-2H3/t11-,12-,13-/m0/s1. The molecule has 3 atom stereocenters. The average molecular weight is 254 g/mol. The number of carbonyl (C=O) groups is 1. The van der Waals surface area contributed by atoms with Crippen LogP contribution in [-0.2, 0) is 9.53 Å². The second-order valence-electron chi connectivity index (χ2n) is 5.63. The fraction of sp³-hybridized carbons (Fsp3) is 0.929. The average Bonchev–Trinajstić information content (AvgIpc) is 2.96. The molecule has 0 aliphatic carbocycles. The third-order valence-electron chi connectivity index (χ3n) is 4.14. The van der Waals surface area contributed by atoms with E-state index in [0.29, 0.717) is 30.6 Å². The third kappa shape index (κ3) is 3.45. The van der Waals surface area contributed by atoms with Crippen LogP contribution in [0.4, 0.5) is 0 Å². The van der Waals surface area contributed by atoms with E-state index in [9.17, 15) is 4.79 Å². The van der Waals surface area contributed by atoms with Crippen molar-refractivity contribution in [2.24, 2.45) is 0 Å². The summed E-state index contributed by atoms with van der Waals surface area (Å²) in [5.41, 5.74) is 0. The number of hydrogen-bond donors (Lipinski definition) is 1. The number of likely N-dealkylation sites (tertiary alicyclic amines) is 1. The van der Waals surface area contributed by atoms with Crippen LogP contribution in [0.15, 0.2) is 0 Å². The minimum absolute atomic E-state index is 0.314. The van der Waals surface area contributed by atoms with Gasteiger partial charge in [-0.1, -0.05) is 0 Å². The lowest BCUT2D eigenvalue weighted by Crippen LogP contribution is -2.41. The Kier molecular flexibility index (Phi) is 5.01. The summed E-state index contributed by atoms with van der Waals surface area (Å²) in [4.78, 5) is 14.3. The predicted molar refractivity (Wildman–Crippen MR) is 71.5 cm³/mol. The van der Waals surface area contributed by atoms with E-state index in [1.54, 1.807) is 0 Å². The van der Waals surface area contributed by atoms with Crippen LogP contribution in [0.3, 0.4) is 0 Å². The van der Waals surface area contributed by atoms with Gasteiger partial charge >= 0.3 is 0 Å². The van der Waals surface area contributed by atoms with E-state index < -0.39 is 0 Å². The molecule has 2 saturated heterocycles. The lowest BCUT2D eigenvalue weighted by molar-refractivity contribution is -0.132.